The SMILES string of the molecule is Cc1cc(/C(N)=N/N(N)Cc2ccc(F)cn2)ccc1SNCCO. The van der Waals surface area contributed by atoms with Crippen LogP contribution in [0, 0.1) is 12.7 Å². The number of hydrogen-bond donors (Lipinski definition) is 4. The van der Waals surface area contributed by atoms with Crippen molar-refractivity contribution < 1.29 is 9.50 Å². The number of pyridine rings is 1. The summed E-state index contributed by atoms with van der Waals surface area (Å²) in [6.45, 7) is 2.76. The highest BCUT2D eigenvalue weighted by Gasteiger charge is 2.06. The second-order valence-corrected chi connectivity index (χ2v) is 6.18. The lowest BCUT2D eigenvalue weighted by atomic mass is 10.1. The molecule has 1 heterocycles. The van der Waals surface area contributed by atoms with Gasteiger partial charge in [-0.2, -0.15) is 0 Å². The molecule has 2 rings (SSSR count). The molecule has 9 heteroatoms. The number of aliphatic hydroxyl groups is 1. The van der Waals surface area contributed by atoms with Gasteiger partial charge in [-0.15, -0.1) is 5.10 Å². The molecule has 134 valence electrons. The Morgan fingerprint density at radius 3 is 2.84 bits per heavy atom. The van der Waals surface area contributed by atoms with E-state index in [0.717, 1.165) is 27.3 Å². The van der Waals surface area contributed by atoms with E-state index in [1.165, 1.54) is 24.1 Å². The van der Waals surface area contributed by atoms with Gasteiger partial charge < -0.3 is 10.8 Å². The number of hydrazone groups is 1. The van der Waals surface area contributed by atoms with Crippen molar-refractivity contribution in [2.24, 2.45) is 16.7 Å². The number of nitrogens with one attached hydrogen (secondary N) is 1. The normalized spacial score (nSPS) is 11.6. The van der Waals surface area contributed by atoms with Gasteiger partial charge in [0.15, 0.2) is 5.84 Å². The van der Waals surface area contributed by atoms with Gasteiger partial charge in [-0.3, -0.25) is 9.71 Å². The standard InChI is InChI=1S/C16H21FN6OS/c1-11-8-12(2-5-15(11)25-21-6-7-24)16(18)22-23(19)10-14-4-3-13(17)9-20-14/h2-5,8-9,21,24H,6-7,10,19H2,1H3,(H2,18,22). The molecular weight excluding hydrogens is 343 g/mol. The number of halogens is 1. The van der Waals surface area contributed by atoms with Crippen molar-refractivity contribution in [2.45, 2.75) is 18.4 Å². The average molecular weight is 364 g/mol. The second kappa shape index (κ2) is 9.33. The maximum absolute atomic E-state index is 12.9. The summed E-state index contributed by atoms with van der Waals surface area (Å²) in [4.78, 5) is 4.96. The Labute approximate surface area is 150 Å². The minimum absolute atomic E-state index is 0.0823. The van der Waals surface area contributed by atoms with Crippen LogP contribution < -0.4 is 16.3 Å². The van der Waals surface area contributed by atoms with E-state index in [0.29, 0.717) is 12.2 Å². The first-order valence-electron chi connectivity index (χ1n) is 7.58. The van der Waals surface area contributed by atoms with E-state index >= 15 is 0 Å². The maximum Gasteiger partial charge on any atom is 0.152 e. The number of nitrogens with two attached hydrogens (primary N) is 2. The number of aromatic nitrogens is 1. The molecule has 0 aliphatic rings. The maximum atomic E-state index is 12.9. The van der Waals surface area contributed by atoms with E-state index in [-0.39, 0.29) is 19.0 Å². The van der Waals surface area contributed by atoms with Crippen molar-refractivity contribution in [2.75, 3.05) is 13.2 Å². The van der Waals surface area contributed by atoms with Gasteiger partial charge in [0.05, 0.1) is 25.0 Å². The summed E-state index contributed by atoms with van der Waals surface area (Å²) < 4.78 is 15.9. The highest BCUT2D eigenvalue weighted by molar-refractivity contribution is 7.97. The van der Waals surface area contributed by atoms with Crippen LogP contribution in [-0.4, -0.2) is 34.2 Å². The van der Waals surface area contributed by atoms with Crippen LogP contribution in [0.2, 0.25) is 0 Å². The average Bonchev–Trinajstić information content (AvgIpc) is 2.58. The molecule has 0 amide bonds. The number of amidine groups is 1. The minimum Gasteiger partial charge on any atom is -0.395 e. The van der Waals surface area contributed by atoms with Crippen molar-refractivity contribution in [3.8, 4) is 0 Å². The number of aryl methyl sites for hydroxylation is 1. The number of nitrogens with zero attached hydrogens (tertiary/aromatic N) is 3. The number of aliphatic hydroxyl groups excluding tert-OH is 1. The van der Waals surface area contributed by atoms with Crippen LogP contribution in [-0.2, 0) is 6.54 Å². The summed E-state index contributed by atoms with van der Waals surface area (Å²) in [5.41, 5.74) is 8.35. The zero-order valence-electron chi connectivity index (χ0n) is 13.8. The highest BCUT2D eigenvalue weighted by Crippen LogP contribution is 2.20. The van der Waals surface area contributed by atoms with E-state index in [9.17, 15) is 4.39 Å². The van der Waals surface area contributed by atoms with Gasteiger partial charge in [0.2, 0.25) is 0 Å². The topological polar surface area (TPSA) is 113 Å². The summed E-state index contributed by atoms with van der Waals surface area (Å²) in [7, 11) is 0. The fraction of sp³-hybridized carbons (Fsp3) is 0.250. The van der Waals surface area contributed by atoms with Gasteiger partial charge in [0.1, 0.15) is 5.82 Å². The predicted molar refractivity (Wildman–Crippen MR) is 96.8 cm³/mol. The van der Waals surface area contributed by atoms with Crippen molar-refractivity contribution in [3.05, 3.63) is 59.2 Å². The van der Waals surface area contributed by atoms with Gasteiger partial charge >= 0.3 is 0 Å². The molecule has 0 radical (unpaired) electrons. The second-order valence-electron chi connectivity index (χ2n) is 5.25. The largest absolute Gasteiger partial charge is 0.395 e. The molecule has 0 bridgehead atoms. The van der Waals surface area contributed by atoms with Crippen LogP contribution in [0.25, 0.3) is 0 Å². The molecule has 1 aromatic heterocycles. The van der Waals surface area contributed by atoms with Gasteiger partial charge in [-0.25, -0.2) is 15.4 Å². The molecule has 0 aliphatic carbocycles. The zero-order chi connectivity index (χ0) is 18.2. The monoisotopic (exact) mass is 364 g/mol. The minimum atomic E-state index is -0.405. The van der Waals surface area contributed by atoms with E-state index in [1.54, 1.807) is 0 Å². The molecule has 0 aliphatic heterocycles. The Morgan fingerprint density at radius 1 is 1.40 bits per heavy atom. The molecule has 0 fully saturated rings. The number of hydrazine groups is 1. The van der Waals surface area contributed by atoms with Crippen LogP contribution >= 0.6 is 11.9 Å². The molecular formula is C16H21FN6OS. The van der Waals surface area contributed by atoms with Crippen molar-refractivity contribution in [1.82, 2.24) is 14.8 Å². The fourth-order valence-corrected chi connectivity index (χ4v) is 2.70. The highest BCUT2D eigenvalue weighted by atomic mass is 32.2. The summed E-state index contributed by atoms with van der Waals surface area (Å²) in [6.07, 6.45) is 1.13. The lowest BCUT2D eigenvalue weighted by Gasteiger charge is -2.14. The molecule has 0 saturated carbocycles. The molecule has 7 nitrogen and oxygen atoms in total. The fourth-order valence-electron chi connectivity index (χ4n) is 2.00. The quantitative estimate of drug-likeness (QED) is 0.139. The Morgan fingerprint density at radius 2 is 2.20 bits per heavy atom. The van der Waals surface area contributed by atoms with Crippen molar-refractivity contribution in [3.63, 3.8) is 0 Å². The van der Waals surface area contributed by atoms with Crippen LogP contribution in [0.5, 0.6) is 0 Å². The zero-order valence-corrected chi connectivity index (χ0v) is 14.6. The van der Waals surface area contributed by atoms with Gasteiger partial charge in [0, 0.05) is 17.0 Å². The summed E-state index contributed by atoms with van der Waals surface area (Å²) >= 11 is 1.44. The van der Waals surface area contributed by atoms with E-state index in [4.69, 9.17) is 16.7 Å². The van der Waals surface area contributed by atoms with Gasteiger partial charge in [0.25, 0.3) is 0 Å². The molecule has 1 aromatic carbocycles. The number of benzene rings is 1. The number of hydrogen-bond acceptors (Lipinski definition) is 7. The van der Waals surface area contributed by atoms with Crippen molar-refractivity contribution in [1.29, 1.82) is 0 Å². The lowest BCUT2D eigenvalue weighted by molar-refractivity contribution is 0.286. The van der Waals surface area contributed by atoms with E-state index < -0.39 is 5.82 Å². The van der Waals surface area contributed by atoms with Crippen molar-refractivity contribution >= 4 is 17.8 Å². The van der Waals surface area contributed by atoms with E-state index in [2.05, 4.69) is 14.8 Å². The Bertz CT molecular complexity index is 725. The van der Waals surface area contributed by atoms with Gasteiger partial charge in [-0.1, -0.05) is 6.07 Å². The molecule has 0 unspecified atom stereocenters. The summed E-state index contributed by atoms with van der Waals surface area (Å²) in [6, 6.07) is 8.53. The smallest absolute Gasteiger partial charge is 0.152 e. The first-order chi connectivity index (χ1) is 12.0. The van der Waals surface area contributed by atoms with Crippen LogP contribution in [0.4, 0.5) is 4.39 Å². The Kier molecular flexibility index (Phi) is 7.14. The molecule has 2 aromatic rings. The van der Waals surface area contributed by atoms with Crippen LogP contribution in [0.1, 0.15) is 16.8 Å². The molecule has 0 saturated heterocycles. The lowest BCUT2D eigenvalue weighted by Crippen LogP contribution is -2.29. The van der Waals surface area contributed by atoms with Crippen LogP contribution in [0.3, 0.4) is 0 Å². The molecule has 0 spiro atoms. The molecule has 6 N–H and O–H groups in total. The summed E-state index contributed by atoms with van der Waals surface area (Å²) in [5.74, 6) is 5.69. The Hall–Kier alpha value is -2.20. The summed E-state index contributed by atoms with van der Waals surface area (Å²) in [5, 5.41) is 14.1. The third kappa shape index (κ3) is 5.98. The first-order valence-corrected chi connectivity index (χ1v) is 8.39. The number of rotatable bonds is 8. The first kappa shape index (κ1) is 19.1. The Balaban J connectivity index is 2.02. The third-order valence-electron chi connectivity index (χ3n) is 3.22. The third-order valence-corrected chi connectivity index (χ3v) is 4.24. The molecule has 0 atom stereocenters. The predicted octanol–water partition coefficient (Wildman–Crippen LogP) is 1.11. The van der Waals surface area contributed by atoms with Gasteiger partial charge in [-0.05, 0) is 48.7 Å². The van der Waals surface area contributed by atoms with E-state index in [1.807, 2.05) is 25.1 Å². The van der Waals surface area contributed by atoms with Crippen LogP contribution in [0.15, 0.2) is 46.5 Å². The molecule has 25 heavy (non-hydrogen) atoms.